The van der Waals surface area contributed by atoms with Crippen molar-refractivity contribution in [3.63, 3.8) is 0 Å². The van der Waals surface area contributed by atoms with Crippen molar-refractivity contribution in [3.8, 4) is 11.5 Å². The van der Waals surface area contributed by atoms with Crippen LogP contribution in [0.1, 0.15) is 23.6 Å². The Morgan fingerprint density at radius 1 is 0.939 bits per heavy atom. The average molecular weight is 480 g/mol. The van der Waals surface area contributed by atoms with Gasteiger partial charge in [-0.2, -0.15) is 0 Å². The highest BCUT2D eigenvalue weighted by molar-refractivity contribution is 8.19. The monoisotopic (exact) mass is 479 g/mol. The first-order valence-corrected chi connectivity index (χ1v) is 11.6. The summed E-state index contributed by atoms with van der Waals surface area (Å²) < 4.78 is 11.4. The van der Waals surface area contributed by atoms with Crippen molar-refractivity contribution in [2.45, 2.75) is 20.0 Å². The number of hydrogen-bond donors (Lipinski definition) is 0. The van der Waals surface area contributed by atoms with Gasteiger partial charge in [0.1, 0.15) is 6.61 Å². The molecule has 0 spiro atoms. The Labute approximate surface area is 202 Å². The second kappa shape index (κ2) is 10.1. The summed E-state index contributed by atoms with van der Waals surface area (Å²) in [5, 5.41) is 0.355. The molecule has 3 aromatic rings. The van der Waals surface area contributed by atoms with E-state index < -0.39 is 0 Å². The zero-order valence-corrected chi connectivity index (χ0v) is 19.8. The van der Waals surface area contributed by atoms with Crippen molar-refractivity contribution >= 4 is 46.3 Å². The summed E-state index contributed by atoms with van der Waals surface area (Å²) in [5.41, 5.74) is 3.43. The molecular formula is C26H22ClNO4S. The second-order valence-electron chi connectivity index (χ2n) is 7.36. The zero-order chi connectivity index (χ0) is 23.4. The van der Waals surface area contributed by atoms with Gasteiger partial charge in [0.05, 0.1) is 17.7 Å². The summed E-state index contributed by atoms with van der Waals surface area (Å²) in [6.45, 7) is 2.42. The Morgan fingerprint density at radius 3 is 2.30 bits per heavy atom. The smallest absolute Gasteiger partial charge is 0.298 e. The number of ether oxygens (including phenoxy) is 2. The number of rotatable bonds is 7. The fourth-order valence-electron chi connectivity index (χ4n) is 3.36. The Morgan fingerprint density at radius 2 is 1.64 bits per heavy atom. The lowest BCUT2D eigenvalue weighted by molar-refractivity contribution is -0.113. The van der Waals surface area contributed by atoms with E-state index in [1.165, 1.54) is 4.90 Å². The number of imide groups is 1. The molecule has 1 heterocycles. The molecular weight excluding hydrogens is 458 g/mol. The average Bonchev–Trinajstić information content (AvgIpc) is 3.11. The Kier molecular flexibility index (Phi) is 7.06. The first-order chi connectivity index (χ1) is 16.0. The first-order valence-electron chi connectivity index (χ1n) is 10.4. The van der Waals surface area contributed by atoms with Crippen molar-refractivity contribution in [2.24, 2.45) is 0 Å². The van der Waals surface area contributed by atoms with E-state index in [1.807, 2.05) is 42.5 Å². The maximum absolute atomic E-state index is 12.9. The van der Waals surface area contributed by atoms with E-state index in [1.54, 1.807) is 37.5 Å². The summed E-state index contributed by atoms with van der Waals surface area (Å²) in [6.07, 6.45) is 2.58. The normalized spacial score (nSPS) is 14.8. The van der Waals surface area contributed by atoms with E-state index in [0.717, 1.165) is 34.9 Å². The zero-order valence-electron chi connectivity index (χ0n) is 18.2. The molecule has 0 saturated carbocycles. The molecule has 0 aromatic heterocycles. The van der Waals surface area contributed by atoms with Crippen LogP contribution < -0.4 is 14.4 Å². The molecule has 2 amide bonds. The molecule has 0 radical (unpaired) electrons. The van der Waals surface area contributed by atoms with Crippen LogP contribution in [-0.4, -0.2) is 18.3 Å². The van der Waals surface area contributed by atoms with Crippen LogP contribution in [0, 0.1) is 0 Å². The number of benzene rings is 3. The van der Waals surface area contributed by atoms with Crippen molar-refractivity contribution in [1.82, 2.24) is 0 Å². The minimum absolute atomic E-state index is 0.314. The fourth-order valence-corrected chi connectivity index (χ4v) is 4.32. The second-order valence-corrected chi connectivity index (χ2v) is 8.79. The van der Waals surface area contributed by atoms with Gasteiger partial charge in [-0.05, 0) is 77.3 Å². The van der Waals surface area contributed by atoms with Crippen LogP contribution >= 0.6 is 23.4 Å². The minimum Gasteiger partial charge on any atom is -0.493 e. The molecule has 1 aliphatic rings. The number of anilines is 1. The van der Waals surface area contributed by atoms with Crippen molar-refractivity contribution in [1.29, 1.82) is 0 Å². The van der Waals surface area contributed by atoms with E-state index in [0.29, 0.717) is 33.7 Å². The molecule has 1 aliphatic heterocycles. The molecule has 3 aromatic carbocycles. The standard InChI is InChI=1S/C26H22ClNO4S/c1-3-17-6-11-21(12-7-17)28-25(29)24(33-26(28)30)15-19-8-13-22(23(14-19)31-2)32-16-18-4-9-20(27)10-5-18/h4-15H,3,16H2,1-2H3/b24-15-. The number of amides is 2. The van der Waals surface area contributed by atoms with Gasteiger partial charge in [0.15, 0.2) is 11.5 Å². The van der Waals surface area contributed by atoms with Gasteiger partial charge in [-0.3, -0.25) is 9.59 Å². The minimum atomic E-state index is -0.337. The van der Waals surface area contributed by atoms with Crippen molar-refractivity contribution in [2.75, 3.05) is 12.0 Å². The van der Waals surface area contributed by atoms with Crippen LogP contribution in [0.3, 0.4) is 0 Å². The molecule has 1 saturated heterocycles. The van der Waals surface area contributed by atoms with Crippen LogP contribution in [0.15, 0.2) is 71.6 Å². The van der Waals surface area contributed by atoms with E-state index in [9.17, 15) is 9.59 Å². The van der Waals surface area contributed by atoms with E-state index in [-0.39, 0.29) is 11.1 Å². The predicted octanol–water partition coefficient (Wildman–Crippen LogP) is 6.73. The third kappa shape index (κ3) is 5.24. The largest absolute Gasteiger partial charge is 0.493 e. The lowest BCUT2D eigenvalue weighted by Gasteiger charge is -2.13. The summed E-state index contributed by atoms with van der Waals surface area (Å²) in [7, 11) is 1.56. The van der Waals surface area contributed by atoms with Gasteiger partial charge in [-0.1, -0.05) is 48.9 Å². The van der Waals surface area contributed by atoms with Gasteiger partial charge in [0, 0.05) is 5.02 Å². The number of aryl methyl sites for hydroxylation is 1. The fraction of sp³-hybridized carbons (Fsp3) is 0.154. The molecule has 0 atom stereocenters. The number of nitrogens with zero attached hydrogens (tertiary/aromatic N) is 1. The molecule has 33 heavy (non-hydrogen) atoms. The van der Waals surface area contributed by atoms with Crippen LogP contribution in [0.25, 0.3) is 6.08 Å². The number of carbonyl (C=O) groups excluding carboxylic acids is 2. The van der Waals surface area contributed by atoms with Gasteiger partial charge in [-0.25, -0.2) is 4.90 Å². The summed E-state index contributed by atoms with van der Waals surface area (Å²) in [5.74, 6) is 0.775. The van der Waals surface area contributed by atoms with Gasteiger partial charge >= 0.3 is 0 Å². The van der Waals surface area contributed by atoms with Crippen LogP contribution in [-0.2, 0) is 17.8 Å². The highest BCUT2D eigenvalue weighted by Gasteiger charge is 2.36. The highest BCUT2D eigenvalue weighted by Crippen LogP contribution is 2.37. The van der Waals surface area contributed by atoms with Gasteiger partial charge < -0.3 is 9.47 Å². The Bertz CT molecular complexity index is 1210. The highest BCUT2D eigenvalue weighted by atomic mass is 35.5. The summed E-state index contributed by atoms with van der Waals surface area (Å²) in [4.78, 5) is 27.0. The summed E-state index contributed by atoms with van der Waals surface area (Å²) in [6, 6.07) is 20.3. The van der Waals surface area contributed by atoms with Crippen LogP contribution in [0.5, 0.6) is 11.5 Å². The first kappa shape index (κ1) is 23.0. The SMILES string of the molecule is CCc1ccc(N2C(=O)S/C(=C\c3ccc(OCc4ccc(Cl)cc4)c(OC)c3)C2=O)cc1. The Hall–Kier alpha value is -3.22. The molecule has 1 fully saturated rings. The maximum atomic E-state index is 12.9. The molecule has 5 nitrogen and oxygen atoms in total. The molecule has 4 rings (SSSR count). The number of methoxy groups -OCH3 is 1. The lowest BCUT2D eigenvalue weighted by Crippen LogP contribution is -2.27. The third-order valence-corrected chi connectivity index (χ3v) is 6.31. The van der Waals surface area contributed by atoms with Gasteiger partial charge in [-0.15, -0.1) is 0 Å². The number of hydrogen-bond acceptors (Lipinski definition) is 5. The van der Waals surface area contributed by atoms with Gasteiger partial charge in [0.25, 0.3) is 11.1 Å². The molecule has 7 heteroatoms. The number of thioether (sulfide) groups is 1. The van der Waals surface area contributed by atoms with Crippen LogP contribution in [0.2, 0.25) is 5.02 Å². The Balaban J connectivity index is 1.51. The number of halogens is 1. The quantitative estimate of drug-likeness (QED) is 0.351. The topological polar surface area (TPSA) is 55.8 Å². The molecule has 168 valence electrons. The molecule has 0 aliphatic carbocycles. The predicted molar refractivity (Wildman–Crippen MR) is 133 cm³/mol. The van der Waals surface area contributed by atoms with E-state index in [2.05, 4.69) is 6.92 Å². The summed E-state index contributed by atoms with van der Waals surface area (Å²) >= 11 is 6.85. The molecule has 0 N–H and O–H groups in total. The van der Waals surface area contributed by atoms with Gasteiger partial charge in [0.2, 0.25) is 0 Å². The van der Waals surface area contributed by atoms with Crippen molar-refractivity contribution in [3.05, 3.63) is 93.3 Å². The van der Waals surface area contributed by atoms with E-state index >= 15 is 0 Å². The maximum Gasteiger partial charge on any atom is 0.298 e. The van der Waals surface area contributed by atoms with Crippen LogP contribution in [0.4, 0.5) is 10.5 Å². The lowest BCUT2D eigenvalue weighted by atomic mass is 10.1. The molecule has 0 unspecified atom stereocenters. The van der Waals surface area contributed by atoms with E-state index in [4.69, 9.17) is 21.1 Å². The van der Waals surface area contributed by atoms with Crippen molar-refractivity contribution < 1.29 is 19.1 Å². The number of carbonyl (C=O) groups is 2. The molecule has 0 bridgehead atoms. The third-order valence-electron chi connectivity index (χ3n) is 5.19.